The van der Waals surface area contributed by atoms with Gasteiger partial charge < -0.3 is 25.0 Å². The fraction of sp³-hybridized carbons (Fsp3) is 0.100. The summed E-state index contributed by atoms with van der Waals surface area (Å²) in [6.45, 7) is -0.656. The molecule has 0 saturated carbocycles. The molecule has 0 aliphatic carbocycles. The average molecular weight is 393 g/mol. The number of methoxy groups -OCH3 is 1. The van der Waals surface area contributed by atoms with Gasteiger partial charge in [-0.05, 0) is 18.2 Å². The molecule has 3 rings (SSSR count). The maximum atomic E-state index is 12.2. The van der Waals surface area contributed by atoms with Gasteiger partial charge in [-0.25, -0.2) is 4.98 Å². The standard InChI is InChI=1S/C20H15N3O6/c1-28-13-6-2-3-7-14(13)29-15-8-4-5-11-17(15)12(9-21)23-18(19(11)26)20(27)22-10-16(24)25/h2-8,26H,10H2,1H3,(H,22,27)(H,24,25). The summed E-state index contributed by atoms with van der Waals surface area (Å²) < 4.78 is 11.1. The van der Waals surface area contributed by atoms with Gasteiger partial charge in [0.25, 0.3) is 5.91 Å². The third-order valence-electron chi connectivity index (χ3n) is 3.98. The first-order chi connectivity index (χ1) is 14.0. The van der Waals surface area contributed by atoms with Crippen LogP contribution in [-0.2, 0) is 4.79 Å². The molecule has 9 nitrogen and oxygen atoms in total. The molecule has 146 valence electrons. The van der Waals surface area contributed by atoms with Crippen LogP contribution in [0.2, 0.25) is 0 Å². The smallest absolute Gasteiger partial charge is 0.322 e. The fourth-order valence-electron chi connectivity index (χ4n) is 2.71. The number of nitrogens with one attached hydrogen (secondary N) is 1. The van der Waals surface area contributed by atoms with Crippen molar-refractivity contribution in [2.45, 2.75) is 0 Å². The fourth-order valence-corrected chi connectivity index (χ4v) is 2.71. The Labute approximate surface area is 164 Å². The Hall–Kier alpha value is -4.32. The van der Waals surface area contributed by atoms with Crippen molar-refractivity contribution < 1.29 is 29.3 Å². The SMILES string of the molecule is COc1ccccc1Oc1cccc2c(O)c(C(=O)NCC(=O)O)nc(C#N)c12. The van der Waals surface area contributed by atoms with E-state index in [1.165, 1.54) is 13.2 Å². The second-order valence-electron chi connectivity index (χ2n) is 5.78. The number of nitriles is 1. The topological polar surface area (TPSA) is 142 Å². The summed E-state index contributed by atoms with van der Waals surface area (Å²) in [6, 6.07) is 13.4. The molecule has 9 heteroatoms. The Morgan fingerprint density at radius 1 is 1.14 bits per heavy atom. The number of rotatable bonds is 6. The van der Waals surface area contributed by atoms with Gasteiger partial charge in [0.05, 0.1) is 12.5 Å². The second kappa shape index (κ2) is 8.14. The molecule has 0 spiro atoms. The van der Waals surface area contributed by atoms with E-state index in [0.29, 0.717) is 11.5 Å². The molecule has 0 radical (unpaired) electrons. The van der Waals surface area contributed by atoms with E-state index in [1.807, 2.05) is 6.07 Å². The molecule has 3 N–H and O–H groups in total. The van der Waals surface area contributed by atoms with Crippen molar-refractivity contribution in [3.63, 3.8) is 0 Å². The minimum Gasteiger partial charge on any atom is -0.505 e. The number of carbonyl (C=O) groups is 2. The average Bonchev–Trinajstić information content (AvgIpc) is 2.73. The molecule has 0 saturated heterocycles. The van der Waals surface area contributed by atoms with Crippen LogP contribution in [0.3, 0.4) is 0 Å². The van der Waals surface area contributed by atoms with Crippen LogP contribution in [-0.4, -0.2) is 40.7 Å². The molecule has 0 aliphatic heterocycles. The lowest BCUT2D eigenvalue weighted by Crippen LogP contribution is -2.30. The molecule has 1 amide bonds. The Balaban J connectivity index is 2.13. The lowest BCUT2D eigenvalue weighted by Gasteiger charge is -2.14. The molecule has 3 aromatic rings. The van der Waals surface area contributed by atoms with E-state index in [-0.39, 0.29) is 22.2 Å². The predicted molar refractivity (Wildman–Crippen MR) is 101 cm³/mol. The van der Waals surface area contributed by atoms with Crippen LogP contribution in [0, 0.1) is 11.3 Å². The highest BCUT2D eigenvalue weighted by molar-refractivity contribution is 6.05. The highest BCUT2D eigenvalue weighted by Crippen LogP contribution is 2.39. The van der Waals surface area contributed by atoms with Crippen molar-refractivity contribution in [2.24, 2.45) is 0 Å². The van der Waals surface area contributed by atoms with Gasteiger partial charge in [-0.2, -0.15) is 5.26 Å². The van der Waals surface area contributed by atoms with Gasteiger partial charge in [0.15, 0.2) is 28.6 Å². The predicted octanol–water partition coefficient (Wildman–Crippen LogP) is 2.43. The zero-order chi connectivity index (χ0) is 21.0. The molecule has 0 atom stereocenters. The summed E-state index contributed by atoms with van der Waals surface area (Å²) in [4.78, 5) is 26.8. The van der Waals surface area contributed by atoms with E-state index < -0.39 is 29.9 Å². The van der Waals surface area contributed by atoms with Gasteiger partial charge in [0.1, 0.15) is 18.4 Å². The molecule has 1 heterocycles. The van der Waals surface area contributed by atoms with Crippen LogP contribution >= 0.6 is 0 Å². The number of hydrogen-bond donors (Lipinski definition) is 3. The number of pyridine rings is 1. The van der Waals surface area contributed by atoms with E-state index in [1.54, 1.807) is 36.4 Å². The minimum atomic E-state index is -1.26. The number of carboxylic acid groups (broad SMARTS) is 1. The van der Waals surface area contributed by atoms with Gasteiger partial charge in [-0.15, -0.1) is 0 Å². The Kier molecular flexibility index (Phi) is 5.46. The van der Waals surface area contributed by atoms with Crippen LogP contribution in [0.4, 0.5) is 0 Å². The molecule has 1 aromatic heterocycles. The van der Waals surface area contributed by atoms with Crippen molar-refractivity contribution in [1.29, 1.82) is 5.26 Å². The number of benzene rings is 2. The molecule has 0 unspecified atom stereocenters. The number of nitrogens with zero attached hydrogens (tertiary/aromatic N) is 2. The van der Waals surface area contributed by atoms with Gasteiger partial charge in [-0.3, -0.25) is 9.59 Å². The maximum Gasteiger partial charge on any atom is 0.322 e. The molecule has 0 fully saturated rings. The quantitative estimate of drug-likeness (QED) is 0.580. The Morgan fingerprint density at radius 3 is 2.48 bits per heavy atom. The highest BCUT2D eigenvalue weighted by Gasteiger charge is 2.22. The minimum absolute atomic E-state index is 0.157. The number of aromatic hydroxyl groups is 1. The van der Waals surface area contributed by atoms with E-state index in [2.05, 4.69) is 10.3 Å². The van der Waals surface area contributed by atoms with Crippen molar-refractivity contribution in [3.05, 3.63) is 53.9 Å². The molecule has 0 aliphatic rings. The van der Waals surface area contributed by atoms with Gasteiger partial charge >= 0.3 is 5.97 Å². The lowest BCUT2D eigenvalue weighted by atomic mass is 10.1. The number of hydrogen-bond acceptors (Lipinski definition) is 7. The summed E-state index contributed by atoms with van der Waals surface area (Å²) in [7, 11) is 1.49. The monoisotopic (exact) mass is 393 g/mol. The molecular formula is C20H15N3O6. The number of amides is 1. The first kappa shape index (κ1) is 19.4. The molecule has 29 heavy (non-hydrogen) atoms. The molecule has 0 bridgehead atoms. The summed E-state index contributed by atoms with van der Waals surface area (Å²) in [5.41, 5.74) is -0.617. The number of ether oxygens (including phenoxy) is 2. The van der Waals surface area contributed by atoms with Crippen molar-refractivity contribution in [3.8, 4) is 29.1 Å². The third kappa shape index (κ3) is 3.86. The molecule has 2 aromatic carbocycles. The van der Waals surface area contributed by atoms with Gasteiger partial charge in [-0.1, -0.05) is 24.3 Å². The number of para-hydroxylation sites is 2. The zero-order valence-corrected chi connectivity index (χ0v) is 15.2. The van der Waals surface area contributed by atoms with Gasteiger partial charge in [0.2, 0.25) is 0 Å². The van der Waals surface area contributed by atoms with Crippen LogP contribution in [0.5, 0.6) is 23.0 Å². The van der Waals surface area contributed by atoms with Crippen LogP contribution in [0.15, 0.2) is 42.5 Å². The highest BCUT2D eigenvalue weighted by atomic mass is 16.5. The number of fused-ring (bicyclic) bond motifs is 1. The number of carboxylic acids is 1. The van der Waals surface area contributed by atoms with Crippen molar-refractivity contribution in [1.82, 2.24) is 10.3 Å². The zero-order valence-electron chi connectivity index (χ0n) is 15.2. The van der Waals surface area contributed by atoms with Crippen LogP contribution < -0.4 is 14.8 Å². The van der Waals surface area contributed by atoms with Crippen LogP contribution in [0.25, 0.3) is 10.8 Å². The Morgan fingerprint density at radius 2 is 1.83 bits per heavy atom. The summed E-state index contributed by atoms with van der Waals surface area (Å²) in [5.74, 6) is -1.60. The van der Waals surface area contributed by atoms with Crippen molar-refractivity contribution >= 4 is 22.6 Å². The summed E-state index contributed by atoms with van der Waals surface area (Å²) >= 11 is 0. The third-order valence-corrected chi connectivity index (χ3v) is 3.98. The number of carbonyl (C=O) groups excluding carboxylic acids is 1. The number of aliphatic carboxylic acids is 1. The van der Waals surface area contributed by atoms with E-state index in [4.69, 9.17) is 14.6 Å². The maximum absolute atomic E-state index is 12.2. The molecular weight excluding hydrogens is 378 g/mol. The largest absolute Gasteiger partial charge is 0.505 e. The lowest BCUT2D eigenvalue weighted by molar-refractivity contribution is -0.135. The normalized spacial score (nSPS) is 10.2. The Bertz CT molecular complexity index is 1150. The first-order valence-electron chi connectivity index (χ1n) is 8.33. The first-order valence-corrected chi connectivity index (χ1v) is 8.33. The van der Waals surface area contributed by atoms with Crippen LogP contribution in [0.1, 0.15) is 16.2 Å². The van der Waals surface area contributed by atoms with Crippen molar-refractivity contribution in [2.75, 3.05) is 13.7 Å². The van der Waals surface area contributed by atoms with Gasteiger partial charge in [0, 0.05) is 5.39 Å². The number of aromatic nitrogens is 1. The second-order valence-corrected chi connectivity index (χ2v) is 5.78. The van der Waals surface area contributed by atoms with E-state index in [9.17, 15) is 20.0 Å². The summed E-state index contributed by atoms with van der Waals surface area (Å²) in [6.07, 6.45) is 0. The van der Waals surface area contributed by atoms with E-state index >= 15 is 0 Å². The van der Waals surface area contributed by atoms with E-state index in [0.717, 1.165) is 0 Å². The summed E-state index contributed by atoms with van der Waals surface area (Å²) in [5, 5.41) is 31.2.